The molecule has 0 saturated carbocycles. The Kier molecular flexibility index (Phi) is 3.43. The first kappa shape index (κ1) is 12.1. The normalized spacial score (nSPS) is 11.8. The van der Waals surface area contributed by atoms with Crippen molar-refractivity contribution in [3.63, 3.8) is 0 Å². The topological polar surface area (TPSA) is 52.5 Å². The maximum atomic E-state index is 12.4. The van der Waals surface area contributed by atoms with Gasteiger partial charge in [0.25, 0.3) is 0 Å². The Hall–Kier alpha value is -0.980. The minimum Gasteiger partial charge on any atom is -0.506 e. The molecule has 0 radical (unpaired) electrons. The Morgan fingerprint density at radius 2 is 1.93 bits per heavy atom. The SMILES string of the molecule is ONCc1cc(Cl)c(O)cc1C(F)(F)F. The van der Waals surface area contributed by atoms with Crippen LogP contribution in [0.1, 0.15) is 11.1 Å². The monoisotopic (exact) mass is 241 g/mol. The number of nitrogens with one attached hydrogen (secondary N) is 1. The summed E-state index contributed by atoms with van der Waals surface area (Å²) in [5, 5.41) is 17.2. The van der Waals surface area contributed by atoms with Gasteiger partial charge in [-0.05, 0) is 17.7 Å². The van der Waals surface area contributed by atoms with Crippen LogP contribution in [0, 0.1) is 0 Å². The van der Waals surface area contributed by atoms with Crippen LogP contribution >= 0.6 is 11.6 Å². The average molecular weight is 242 g/mol. The molecule has 84 valence electrons. The number of hydrogen-bond donors (Lipinski definition) is 3. The lowest BCUT2D eigenvalue weighted by Crippen LogP contribution is -2.14. The average Bonchev–Trinajstić information content (AvgIpc) is 2.09. The van der Waals surface area contributed by atoms with Gasteiger partial charge in [-0.2, -0.15) is 13.2 Å². The molecular formula is C8H7ClF3NO2. The van der Waals surface area contributed by atoms with Gasteiger partial charge in [-0.25, -0.2) is 5.48 Å². The third-order valence-electron chi connectivity index (χ3n) is 1.75. The summed E-state index contributed by atoms with van der Waals surface area (Å²) in [4.78, 5) is 0. The molecule has 7 heteroatoms. The Bertz CT molecular complexity index is 368. The Labute approximate surface area is 88.1 Å². The number of hydroxylamine groups is 1. The first-order valence-electron chi connectivity index (χ1n) is 3.81. The molecule has 0 fully saturated rings. The predicted octanol–water partition coefficient (Wildman–Crippen LogP) is 2.54. The van der Waals surface area contributed by atoms with E-state index >= 15 is 0 Å². The van der Waals surface area contributed by atoms with E-state index < -0.39 is 24.0 Å². The number of alkyl halides is 3. The van der Waals surface area contributed by atoms with Gasteiger partial charge >= 0.3 is 6.18 Å². The Morgan fingerprint density at radius 1 is 1.33 bits per heavy atom. The quantitative estimate of drug-likeness (QED) is 0.698. The largest absolute Gasteiger partial charge is 0.506 e. The van der Waals surface area contributed by atoms with Gasteiger partial charge in [0.1, 0.15) is 5.75 Å². The summed E-state index contributed by atoms with van der Waals surface area (Å²) in [5.41, 5.74) is 0.324. The van der Waals surface area contributed by atoms with Crippen LogP contribution < -0.4 is 5.48 Å². The van der Waals surface area contributed by atoms with Crippen LogP contribution in [0.2, 0.25) is 5.02 Å². The van der Waals surface area contributed by atoms with E-state index in [1.54, 1.807) is 5.48 Å². The molecule has 0 aliphatic carbocycles. The highest BCUT2D eigenvalue weighted by Crippen LogP contribution is 2.37. The van der Waals surface area contributed by atoms with Crippen molar-refractivity contribution >= 4 is 11.6 Å². The molecule has 0 aromatic heterocycles. The van der Waals surface area contributed by atoms with E-state index in [4.69, 9.17) is 21.9 Å². The summed E-state index contributed by atoms with van der Waals surface area (Å²) < 4.78 is 37.3. The minimum absolute atomic E-state index is 0.201. The van der Waals surface area contributed by atoms with Crippen molar-refractivity contribution in [3.8, 4) is 5.75 Å². The van der Waals surface area contributed by atoms with Crippen molar-refractivity contribution in [3.05, 3.63) is 28.3 Å². The van der Waals surface area contributed by atoms with Crippen LogP contribution in [0.4, 0.5) is 13.2 Å². The summed E-state index contributed by atoms with van der Waals surface area (Å²) in [7, 11) is 0. The van der Waals surface area contributed by atoms with Gasteiger partial charge in [-0.15, -0.1) is 0 Å². The van der Waals surface area contributed by atoms with Gasteiger partial charge in [-0.3, -0.25) is 0 Å². The van der Waals surface area contributed by atoms with E-state index in [0.29, 0.717) is 6.07 Å². The first-order chi connectivity index (χ1) is 6.86. The molecule has 0 spiro atoms. The molecule has 0 amide bonds. The molecule has 0 saturated heterocycles. The second-order valence-corrected chi connectivity index (χ2v) is 3.20. The van der Waals surface area contributed by atoms with E-state index in [0.717, 1.165) is 6.07 Å². The van der Waals surface area contributed by atoms with Crippen LogP contribution in [0.15, 0.2) is 12.1 Å². The Morgan fingerprint density at radius 3 is 2.40 bits per heavy atom. The molecule has 1 rings (SSSR count). The van der Waals surface area contributed by atoms with Gasteiger partial charge < -0.3 is 10.3 Å². The fourth-order valence-corrected chi connectivity index (χ4v) is 1.28. The minimum atomic E-state index is -4.60. The highest BCUT2D eigenvalue weighted by Gasteiger charge is 2.34. The van der Waals surface area contributed by atoms with Crippen LogP contribution in [-0.4, -0.2) is 10.3 Å². The molecule has 1 aromatic carbocycles. The lowest BCUT2D eigenvalue weighted by Gasteiger charge is -2.13. The molecule has 0 aliphatic heterocycles. The van der Waals surface area contributed by atoms with Gasteiger partial charge in [0.15, 0.2) is 0 Å². The summed E-state index contributed by atoms with van der Waals surface area (Å²) in [6, 6.07) is 1.47. The number of aromatic hydroxyl groups is 1. The zero-order chi connectivity index (χ0) is 11.6. The van der Waals surface area contributed by atoms with Crippen LogP contribution in [-0.2, 0) is 12.7 Å². The smallest absolute Gasteiger partial charge is 0.416 e. The van der Waals surface area contributed by atoms with Gasteiger partial charge in [-0.1, -0.05) is 11.6 Å². The van der Waals surface area contributed by atoms with Crippen LogP contribution in [0.5, 0.6) is 5.75 Å². The van der Waals surface area contributed by atoms with Crippen LogP contribution in [0.25, 0.3) is 0 Å². The summed E-state index contributed by atoms with van der Waals surface area (Å²) >= 11 is 5.44. The zero-order valence-electron chi connectivity index (χ0n) is 7.27. The maximum absolute atomic E-state index is 12.4. The summed E-state index contributed by atoms with van der Waals surface area (Å²) in [6.07, 6.45) is -4.60. The molecule has 3 nitrogen and oxygen atoms in total. The fourth-order valence-electron chi connectivity index (χ4n) is 1.10. The number of phenolic OH excluding ortho intramolecular Hbond substituents is 1. The molecular weight excluding hydrogens is 235 g/mol. The van der Waals surface area contributed by atoms with Crippen molar-refractivity contribution in [1.82, 2.24) is 5.48 Å². The maximum Gasteiger partial charge on any atom is 0.416 e. The third-order valence-corrected chi connectivity index (χ3v) is 2.05. The number of benzene rings is 1. The number of phenols is 1. The molecule has 3 N–H and O–H groups in total. The molecule has 0 heterocycles. The van der Waals surface area contributed by atoms with E-state index in [1.807, 2.05) is 0 Å². The van der Waals surface area contributed by atoms with E-state index in [1.165, 1.54) is 0 Å². The second kappa shape index (κ2) is 4.26. The van der Waals surface area contributed by atoms with E-state index in [2.05, 4.69) is 0 Å². The van der Waals surface area contributed by atoms with Crippen molar-refractivity contribution in [2.45, 2.75) is 12.7 Å². The fraction of sp³-hybridized carbons (Fsp3) is 0.250. The predicted molar refractivity (Wildman–Crippen MR) is 46.7 cm³/mol. The highest BCUT2D eigenvalue weighted by atomic mass is 35.5. The van der Waals surface area contributed by atoms with Gasteiger partial charge in [0.2, 0.25) is 0 Å². The van der Waals surface area contributed by atoms with E-state index in [9.17, 15) is 13.2 Å². The number of halogens is 4. The lowest BCUT2D eigenvalue weighted by atomic mass is 10.1. The molecule has 0 aliphatic rings. The zero-order valence-corrected chi connectivity index (χ0v) is 8.02. The van der Waals surface area contributed by atoms with Gasteiger partial charge in [0.05, 0.1) is 10.6 Å². The molecule has 0 atom stereocenters. The first-order valence-corrected chi connectivity index (χ1v) is 4.19. The van der Waals surface area contributed by atoms with Crippen molar-refractivity contribution < 1.29 is 23.5 Å². The highest BCUT2D eigenvalue weighted by molar-refractivity contribution is 6.32. The van der Waals surface area contributed by atoms with E-state index in [-0.39, 0.29) is 10.6 Å². The van der Waals surface area contributed by atoms with Gasteiger partial charge in [0, 0.05) is 6.54 Å². The molecule has 0 bridgehead atoms. The Balaban J connectivity index is 3.28. The lowest BCUT2D eigenvalue weighted by molar-refractivity contribution is -0.138. The molecule has 0 unspecified atom stereocenters. The van der Waals surface area contributed by atoms with Crippen LogP contribution in [0.3, 0.4) is 0 Å². The number of rotatable bonds is 2. The molecule has 1 aromatic rings. The summed E-state index contributed by atoms with van der Waals surface area (Å²) in [5.74, 6) is -0.648. The number of hydrogen-bond acceptors (Lipinski definition) is 3. The standard InChI is InChI=1S/C8H7ClF3NO2/c9-6-1-4(3-13-15)5(2-7(6)14)8(10,11)12/h1-2,13-15H,3H2. The van der Waals surface area contributed by atoms with Crippen molar-refractivity contribution in [1.29, 1.82) is 0 Å². The summed E-state index contributed by atoms with van der Waals surface area (Å²) in [6.45, 7) is -0.408. The van der Waals surface area contributed by atoms with Crippen molar-refractivity contribution in [2.75, 3.05) is 0 Å². The molecule has 15 heavy (non-hydrogen) atoms. The second-order valence-electron chi connectivity index (χ2n) is 2.79. The third kappa shape index (κ3) is 2.74. The van der Waals surface area contributed by atoms with Crippen molar-refractivity contribution in [2.24, 2.45) is 0 Å².